The molecule has 2 nitrogen and oxygen atoms in total. The van der Waals surface area contributed by atoms with E-state index in [0.29, 0.717) is 0 Å². The summed E-state index contributed by atoms with van der Waals surface area (Å²) >= 11 is 0. The van der Waals surface area contributed by atoms with Crippen LogP contribution in [0.3, 0.4) is 0 Å². The van der Waals surface area contributed by atoms with Gasteiger partial charge in [0.25, 0.3) is 0 Å². The Morgan fingerprint density at radius 2 is 1.26 bits per heavy atom. The lowest BCUT2D eigenvalue weighted by Gasteiger charge is -2.21. The topological polar surface area (TPSA) is 32.8 Å². The molecular weight excluding hydrogens is 284 g/mol. The number of benzene rings is 3. The molecule has 4 rings (SSSR count). The van der Waals surface area contributed by atoms with Crippen LogP contribution in [0.4, 0.5) is 0 Å². The van der Waals surface area contributed by atoms with Crippen molar-refractivity contribution in [1.82, 2.24) is 0 Å². The van der Waals surface area contributed by atoms with E-state index in [2.05, 4.69) is 0 Å². The fraction of sp³-hybridized carbons (Fsp3) is 0.143. The Hall–Kier alpha value is -2.42. The lowest BCUT2D eigenvalue weighted by molar-refractivity contribution is 0.0730. The molecule has 0 saturated carbocycles. The van der Waals surface area contributed by atoms with Crippen LogP contribution in [0.2, 0.25) is 0 Å². The van der Waals surface area contributed by atoms with Gasteiger partial charge in [-0.05, 0) is 16.7 Å². The second-order valence-corrected chi connectivity index (χ2v) is 5.88. The number of hydrogen-bond donors (Lipinski definition) is 1. The van der Waals surface area contributed by atoms with Crippen molar-refractivity contribution >= 4 is 0 Å². The average molecular weight is 302 g/mol. The summed E-state index contributed by atoms with van der Waals surface area (Å²) in [4.78, 5) is 0. The zero-order valence-electron chi connectivity index (χ0n) is 12.7. The molecule has 1 N–H and O–H groups in total. The van der Waals surface area contributed by atoms with Gasteiger partial charge in [0.2, 0.25) is 0 Å². The van der Waals surface area contributed by atoms with Crippen LogP contribution >= 0.6 is 0 Å². The zero-order chi connectivity index (χ0) is 15.7. The molecule has 1 heterocycles. The van der Waals surface area contributed by atoms with Gasteiger partial charge in [0.05, 0.1) is 0 Å². The Labute approximate surface area is 136 Å². The third-order valence-corrected chi connectivity index (χ3v) is 4.49. The predicted octanol–water partition coefficient (Wildman–Crippen LogP) is 4.39. The van der Waals surface area contributed by atoms with Gasteiger partial charge in [-0.1, -0.05) is 91.0 Å². The van der Waals surface area contributed by atoms with Gasteiger partial charge >= 0.3 is 0 Å². The maximum atomic E-state index is 11.1. The fourth-order valence-electron chi connectivity index (χ4n) is 3.27. The number of ether oxygens (including phenoxy) is 1. The van der Waals surface area contributed by atoms with Crippen LogP contribution in [0.5, 0.6) is 0 Å². The van der Waals surface area contributed by atoms with Gasteiger partial charge in [0.1, 0.15) is 12.2 Å². The van der Waals surface area contributed by atoms with Crippen molar-refractivity contribution in [3.8, 4) is 0 Å². The number of aliphatic hydroxyl groups is 1. The first-order valence-corrected chi connectivity index (χ1v) is 7.83. The van der Waals surface area contributed by atoms with E-state index in [1.54, 1.807) is 0 Å². The van der Waals surface area contributed by atoms with Crippen molar-refractivity contribution < 1.29 is 9.84 Å². The van der Waals surface area contributed by atoms with E-state index < -0.39 is 11.7 Å². The van der Waals surface area contributed by atoms with E-state index in [9.17, 15) is 5.11 Å². The smallest absolute Gasteiger partial charge is 0.154 e. The monoisotopic (exact) mass is 302 g/mol. The van der Waals surface area contributed by atoms with E-state index in [-0.39, 0.29) is 6.10 Å². The number of epoxide rings is 1. The van der Waals surface area contributed by atoms with Gasteiger partial charge in [0.15, 0.2) is 5.60 Å². The molecule has 0 aliphatic carbocycles. The summed E-state index contributed by atoms with van der Waals surface area (Å²) in [5.74, 6) is 0. The summed E-state index contributed by atoms with van der Waals surface area (Å²) in [6.07, 6.45) is -0.849. The fourth-order valence-corrected chi connectivity index (χ4v) is 3.27. The highest BCUT2D eigenvalue weighted by Gasteiger charge is 2.63. The average Bonchev–Trinajstić information content (AvgIpc) is 3.40. The molecule has 3 aromatic carbocycles. The van der Waals surface area contributed by atoms with Crippen LogP contribution in [-0.2, 0) is 10.3 Å². The molecule has 0 aromatic heterocycles. The summed E-state index contributed by atoms with van der Waals surface area (Å²) in [7, 11) is 0. The molecule has 1 aliphatic rings. The Morgan fingerprint density at radius 3 is 1.87 bits per heavy atom. The van der Waals surface area contributed by atoms with Gasteiger partial charge in [-0.25, -0.2) is 0 Å². The molecule has 1 aliphatic heterocycles. The molecule has 1 unspecified atom stereocenters. The van der Waals surface area contributed by atoms with Crippen molar-refractivity contribution in [2.24, 2.45) is 0 Å². The minimum atomic E-state index is -0.718. The third-order valence-electron chi connectivity index (χ3n) is 4.49. The van der Waals surface area contributed by atoms with Crippen molar-refractivity contribution in [2.45, 2.75) is 17.8 Å². The van der Waals surface area contributed by atoms with E-state index in [1.165, 1.54) is 0 Å². The lowest BCUT2D eigenvalue weighted by Crippen LogP contribution is -2.21. The molecule has 3 aromatic rings. The minimum Gasteiger partial charge on any atom is -0.385 e. The Balaban J connectivity index is 1.78. The largest absolute Gasteiger partial charge is 0.385 e. The van der Waals surface area contributed by atoms with Crippen LogP contribution in [0.25, 0.3) is 0 Å². The van der Waals surface area contributed by atoms with Crippen LogP contribution in [0.1, 0.15) is 28.9 Å². The first kappa shape index (κ1) is 14.2. The summed E-state index contributed by atoms with van der Waals surface area (Å²) < 4.78 is 6.14. The molecule has 1 fully saturated rings. The molecule has 0 bridgehead atoms. The highest BCUT2D eigenvalue weighted by molar-refractivity contribution is 5.40. The molecule has 1 saturated heterocycles. The lowest BCUT2D eigenvalue weighted by atomic mass is 9.84. The second kappa shape index (κ2) is 5.65. The van der Waals surface area contributed by atoms with E-state index >= 15 is 0 Å². The Morgan fingerprint density at radius 1 is 0.739 bits per heavy atom. The first-order chi connectivity index (χ1) is 11.3. The van der Waals surface area contributed by atoms with Gasteiger partial charge in [-0.3, -0.25) is 0 Å². The molecule has 0 radical (unpaired) electrons. The van der Waals surface area contributed by atoms with E-state index in [1.807, 2.05) is 91.0 Å². The SMILES string of the molecule is OC(c1ccccc1)[C@]1(c2ccccc2)O[C@H]1c1ccccc1. The maximum Gasteiger partial charge on any atom is 0.154 e. The number of hydrogen-bond acceptors (Lipinski definition) is 2. The van der Waals surface area contributed by atoms with Gasteiger partial charge in [0, 0.05) is 0 Å². The van der Waals surface area contributed by atoms with Crippen molar-refractivity contribution in [3.05, 3.63) is 108 Å². The minimum absolute atomic E-state index is 0.138. The third kappa shape index (κ3) is 2.37. The van der Waals surface area contributed by atoms with Crippen LogP contribution in [0, 0.1) is 0 Å². The summed E-state index contributed by atoms with van der Waals surface area (Å²) in [6, 6.07) is 29.8. The number of aliphatic hydroxyl groups excluding tert-OH is 1. The highest BCUT2D eigenvalue weighted by Crippen LogP contribution is 2.63. The normalized spacial score (nSPS) is 24.1. The Kier molecular flexibility index (Phi) is 3.49. The summed E-state index contributed by atoms with van der Waals surface area (Å²) in [5.41, 5.74) is 2.25. The molecule has 0 spiro atoms. The van der Waals surface area contributed by atoms with Crippen LogP contribution < -0.4 is 0 Å². The molecule has 0 amide bonds. The molecule has 23 heavy (non-hydrogen) atoms. The van der Waals surface area contributed by atoms with Crippen LogP contribution in [0.15, 0.2) is 91.0 Å². The van der Waals surface area contributed by atoms with Crippen molar-refractivity contribution in [1.29, 1.82) is 0 Å². The Bertz CT molecular complexity index is 771. The van der Waals surface area contributed by atoms with E-state index in [4.69, 9.17) is 4.74 Å². The second-order valence-electron chi connectivity index (χ2n) is 5.88. The number of rotatable bonds is 4. The first-order valence-electron chi connectivity index (χ1n) is 7.83. The molecule has 2 heteroatoms. The standard InChI is InChI=1S/C21H18O2/c22-19(16-10-4-1-5-11-16)21(18-14-8-3-9-15-18)20(23-21)17-12-6-2-7-13-17/h1-15,19-20,22H/t19?,20-,21-/m0/s1. The highest BCUT2D eigenvalue weighted by atomic mass is 16.6. The predicted molar refractivity (Wildman–Crippen MR) is 89.8 cm³/mol. The molecule has 114 valence electrons. The molecule has 3 atom stereocenters. The summed E-state index contributed by atoms with van der Waals surface area (Å²) in [5, 5.41) is 11.1. The van der Waals surface area contributed by atoms with Crippen molar-refractivity contribution in [2.75, 3.05) is 0 Å². The van der Waals surface area contributed by atoms with Crippen LogP contribution in [-0.4, -0.2) is 5.11 Å². The maximum absolute atomic E-state index is 11.1. The molecular formula is C21H18O2. The van der Waals surface area contributed by atoms with Crippen molar-refractivity contribution in [3.63, 3.8) is 0 Å². The quantitative estimate of drug-likeness (QED) is 0.725. The van der Waals surface area contributed by atoms with Gasteiger partial charge < -0.3 is 9.84 Å². The van der Waals surface area contributed by atoms with E-state index in [0.717, 1.165) is 16.7 Å². The summed E-state index contributed by atoms with van der Waals surface area (Å²) in [6.45, 7) is 0. The zero-order valence-corrected chi connectivity index (χ0v) is 12.7. The van der Waals surface area contributed by atoms with Gasteiger partial charge in [-0.15, -0.1) is 0 Å². The van der Waals surface area contributed by atoms with Gasteiger partial charge in [-0.2, -0.15) is 0 Å².